The molecule has 0 spiro atoms. The van der Waals surface area contributed by atoms with Crippen molar-refractivity contribution in [2.45, 2.75) is 58.2 Å². The Hall–Kier alpha value is -3.34. The molecule has 0 saturated carbocycles. The monoisotopic (exact) mass is 485 g/mol. The number of rotatable bonds is 2. The van der Waals surface area contributed by atoms with Gasteiger partial charge in [-0.05, 0) is 85.7 Å². The molecule has 0 unspecified atom stereocenters. The highest BCUT2D eigenvalue weighted by Gasteiger charge is 2.51. The molecule has 0 N–H and O–H groups in total. The Labute approximate surface area is 219 Å². The molecule has 1 aliphatic heterocycles. The molecule has 0 amide bonds. The van der Waals surface area contributed by atoms with E-state index >= 15 is 0 Å². The van der Waals surface area contributed by atoms with Crippen LogP contribution in [-0.4, -0.2) is 22.9 Å². The van der Waals surface area contributed by atoms with E-state index in [1.807, 2.05) is 0 Å². The second kappa shape index (κ2) is 7.37. The lowest BCUT2D eigenvalue weighted by Crippen LogP contribution is -2.41. The Balaban J connectivity index is 1.46. The van der Waals surface area contributed by atoms with E-state index in [-0.39, 0.29) is 16.6 Å². The number of hydrogen-bond donors (Lipinski definition) is 0. The first-order valence-electron chi connectivity index (χ1n) is 13.2. The molecule has 7 rings (SSSR count). The Morgan fingerprint density at radius 2 is 1.30 bits per heavy atom. The van der Waals surface area contributed by atoms with Crippen LogP contribution in [0.3, 0.4) is 0 Å². The maximum atomic E-state index is 6.39. The summed E-state index contributed by atoms with van der Waals surface area (Å²) in [6, 6.07) is 31.0. The van der Waals surface area contributed by atoms with E-state index in [4.69, 9.17) is 9.31 Å². The lowest BCUT2D eigenvalue weighted by Gasteiger charge is -2.32. The minimum absolute atomic E-state index is 0.0497. The summed E-state index contributed by atoms with van der Waals surface area (Å²) in [7, 11) is -0.393. The average Bonchev–Trinajstić information content (AvgIpc) is 3.40. The van der Waals surface area contributed by atoms with E-state index in [0.29, 0.717) is 0 Å². The fourth-order valence-electron chi connectivity index (χ4n) is 6.23. The molecule has 1 saturated heterocycles. The van der Waals surface area contributed by atoms with Crippen LogP contribution in [0.5, 0.6) is 0 Å². The highest BCUT2D eigenvalue weighted by molar-refractivity contribution is 6.62. The molecule has 184 valence electrons. The van der Waals surface area contributed by atoms with Crippen molar-refractivity contribution in [2.75, 3.05) is 0 Å². The van der Waals surface area contributed by atoms with E-state index in [0.717, 1.165) is 11.2 Å². The fourth-order valence-corrected chi connectivity index (χ4v) is 6.23. The first kappa shape index (κ1) is 22.8. The van der Waals surface area contributed by atoms with Crippen LogP contribution >= 0.6 is 0 Å². The van der Waals surface area contributed by atoms with Gasteiger partial charge in [0.1, 0.15) is 0 Å². The third-order valence-electron chi connectivity index (χ3n) is 9.03. The maximum absolute atomic E-state index is 6.39. The topological polar surface area (TPSA) is 23.4 Å². The first-order valence-corrected chi connectivity index (χ1v) is 13.2. The molecular formula is C33H32BNO2. The smallest absolute Gasteiger partial charge is 0.399 e. The Morgan fingerprint density at radius 3 is 2.08 bits per heavy atom. The second-order valence-electron chi connectivity index (χ2n) is 12.1. The zero-order valence-electron chi connectivity index (χ0n) is 22.4. The Morgan fingerprint density at radius 1 is 0.595 bits per heavy atom. The molecule has 1 aromatic heterocycles. The van der Waals surface area contributed by atoms with Crippen molar-refractivity contribution >= 4 is 34.4 Å². The summed E-state index contributed by atoms with van der Waals surface area (Å²) >= 11 is 0. The van der Waals surface area contributed by atoms with Crippen LogP contribution in [0.4, 0.5) is 0 Å². The second-order valence-corrected chi connectivity index (χ2v) is 12.1. The third kappa shape index (κ3) is 3.09. The van der Waals surface area contributed by atoms with Gasteiger partial charge in [-0.3, -0.25) is 0 Å². The minimum atomic E-state index is -0.393. The molecule has 2 heterocycles. The van der Waals surface area contributed by atoms with E-state index in [1.54, 1.807) is 0 Å². The summed E-state index contributed by atoms with van der Waals surface area (Å²) in [5.41, 5.74) is 9.28. The van der Waals surface area contributed by atoms with Crippen molar-refractivity contribution in [3.63, 3.8) is 0 Å². The first-order chi connectivity index (χ1) is 17.6. The maximum Gasteiger partial charge on any atom is 0.494 e. The summed E-state index contributed by atoms with van der Waals surface area (Å²) in [6.07, 6.45) is 0. The summed E-state index contributed by atoms with van der Waals surface area (Å²) in [5.74, 6) is 0. The highest BCUT2D eigenvalue weighted by atomic mass is 16.7. The van der Waals surface area contributed by atoms with E-state index in [1.165, 1.54) is 44.1 Å². The molecule has 0 bridgehead atoms. The van der Waals surface area contributed by atoms with Crippen LogP contribution in [0.25, 0.3) is 38.6 Å². The standard InChI is InChI=1S/C33H32BNO2/c1-31(2)27-16-9-7-14-23(27)25-19-26-24-15-8-10-17-29(24)35(30(26)20-28(25)31)22-13-11-12-21(18-22)34-36-32(3,4)33(5,6)37-34/h7-20H,1-6H3. The lowest BCUT2D eigenvalue weighted by molar-refractivity contribution is 0.00578. The third-order valence-corrected chi connectivity index (χ3v) is 9.03. The van der Waals surface area contributed by atoms with Gasteiger partial charge in [0, 0.05) is 21.9 Å². The molecule has 1 fully saturated rings. The van der Waals surface area contributed by atoms with Crippen molar-refractivity contribution in [1.29, 1.82) is 0 Å². The van der Waals surface area contributed by atoms with E-state index in [9.17, 15) is 0 Å². The predicted molar refractivity (Wildman–Crippen MR) is 154 cm³/mol. The fraction of sp³-hybridized carbons (Fsp3) is 0.273. The molecular weight excluding hydrogens is 453 g/mol. The lowest BCUT2D eigenvalue weighted by atomic mass is 9.79. The predicted octanol–water partition coefficient (Wildman–Crippen LogP) is 7.39. The molecule has 37 heavy (non-hydrogen) atoms. The minimum Gasteiger partial charge on any atom is -0.399 e. The van der Waals surface area contributed by atoms with Crippen molar-refractivity contribution in [3.8, 4) is 16.8 Å². The quantitative estimate of drug-likeness (QED) is 0.244. The van der Waals surface area contributed by atoms with Crippen LogP contribution in [0.1, 0.15) is 52.7 Å². The summed E-state index contributed by atoms with van der Waals surface area (Å²) in [6.45, 7) is 13.1. The van der Waals surface area contributed by atoms with Gasteiger partial charge in [0.05, 0.1) is 22.2 Å². The van der Waals surface area contributed by atoms with Crippen molar-refractivity contribution in [1.82, 2.24) is 4.57 Å². The highest BCUT2D eigenvalue weighted by Crippen LogP contribution is 2.50. The van der Waals surface area contributed by atoms with Crippen LogP contribution < -0.4 is 5.46 Å². The molecule has 0 radical (unpaired) electrons. The van der Waals surface area contributed by atoms with Crippen LogP contribution in [-0.2, 0) is 14.7 Å². The molecule has 4 heteroatoms. The van der Waals surface area contributed by atoms with Gasteiger partial charge >= 0.3 is 7.12 Å². The van der Waals surface area contributed by atoms with Gasteiger partial charge in [0.25, 0.3) is 0 Å². The van der Waals surface area contributed by atoms with Gasteiger partial charge in [0.2, 0.25) is 0 Å². The van der Waals surface area contributed by atoms with Gasteiger partial charge in [0.15, 0.2) is 0 Å². The van der Waals surface area contributed by atoms with Crippen molar-refractivity contribution in [2.24, 2.45) is 0 Å². The number of fused-ring (bicyclic) bond motifs is 6. The zero-order chi connectivity index (χ0) is 25.7. The Bertz CT molecular complexity index is 1710. The van der Waals surface area contributed by atoms with Gasteiger partial charge in [-0.15, -0.1) is 0 Å². The summed E-state index contributed by atoms with van der Waals surface area (Å²) in [4.78, 5) is 0. The summed E-state index contributed by atoms with van der Waals surface area (Å²) < 4.78 is 15.2. The number of nitrogens with zero attached hydrogens (tertiary/aromatic N) is 1. The zero-order valence-corrected chi connectivity index (χ0v) is 22.4. The van der Waals surface area contributed by atoms with E-state index < -0.39 is 7.12 Å². The molecule has 4 aromatic carbocycles. The number of benzene rings is 4. The number of hydrogen-bond acceptors (Lipinski definition) is 2. The normalized spacial score (nSPS) is 18.9. The van der Waals surface area contributed by atoms with Crippen LogP contribution in [0.15, 0.2) is 84.9 Å². The number of aromatic nitrogens is 1. The Kier molecular flexibility index (Phi) is 4.55. The largest absolute Gasteiger partial charge is 0.494 e. The van der Waals surface area contributed by atoms with Gasteiger partial charge < -0.3 is 13.9 Å². The average molecular weight is 485 g/mol. The molecule has 3 nitrogen and oxygen atoms in total. The van der Waals surface area contributed by atoms with Crippen LogP contribution in [0, 0.1) is 0 Å². The number of para-hydroxylation sites is 1. The molecule has 1 aliphatic carbocycles. The SMILES string of the molecule is CC1(C)c2ccccc2-c2cc3c4ccccc4n(-c4cccc(B5OC(C)(C)C(C)(C)O5)c4)c3cc21. The molecule has 5 aromatic rings. The van der Waals surface area contributed by atoms with Crippen molar-refractivity contribution in [3.05, 3.63) is 96.1 Å². The van der Waals surface area contributed by atoms with Gasteiger partial charge in [-0.1, -0.05) is 68.4 Å². The van der Waals surface area contributed by atoms with Crippen LogP contribution in [0.2, 0.25) is 0 Å². The molecule has 2 aliphatic rings. The van der Waals surface area contributed by atoms with Crippen molar-refractivity contribution < 1.29 is 9.31 Å². The van der Waals surface area contributed by atoms with Gasteiger partial charge in [-0.25, -0.2) is 0 Å². The summed E-state index contributed by atoms with van der Waals surface area (Å²) in [5, 5.41) is 2.55. The molecule has 0 atom stereocenters. The van der Waals surface area contributed by atoms with Gasteiger partial charge in [-0.2, -0.15) is 0 Å². The van der Waals surface area contributed by atoms with E-state index in [2.05, 4.69) is 131 Å².